The molecule has 2 fully saturated rings. The van der Waals surface area contributed by atoms with Crippen LogP contribution in [0.25, 0.3) is 0 Å². The number of quaternary nitrogens is 1. The third-order valence-corrected chi connectivity index (χ3v) is 6.12. The van der Waals surface area contributed by atoms with Crippen molar-refractivity contribution in [1.29, 1.82) is 0 Å². The Hall–Kier alpha value is -1.47. The van der Waals surface area contributed by atoms with Gasteiger partial charge in [-0.15, -0.1) is 11.8 Å². The first-order chi connectivity index (χ1) is 12.0. The molecule has 0 aliphatic carbocycles. The van der Waals surface area contributed by atoms with Gasteiger partial charge in [0, 0.05) is 0 Å². The number of amides is 2. The number of piperazine rings is 1. The molecule has 25 heavy (non-hydrogen) atoms. The lowest BCUT2D eigenvalue weighted by atomic mass is 10.00. The molecule has 2 aliphatic rings. The number of rotatable bonds is 5. The van der Waals surface area contributed by atoms with Crippen LogP contribution in [0.5, 0.6) is 0 Å². The minimum atomic E-state index is -0.406. The molecule has 6 nitrogen and oxygen atoms in total. The Balaban J connectivity index is 1.83. The molecular formula is C18H28N3O3S+. The summed E-state index contributed by atoms with van der Waals surface area (Å²) >= 11 is 1.54. The predicted octanol–water partition coefficient (Wildman–Crippen LogP) is 0.625. The maximum Gasteiger partial charge on any atom is 0.245 e. The van der Waals surface area contributed by atoms with Crippen molar-refractivity contribution >= 4 is 23.6 Å². The number of thioether (sulfide) groups is 1. The molecule has 0 aromatic carbocycles. The van der Waals surface area contributed by atoms with E-state index in [0.717, 1.165) is 31.9 Å². The fourth-order valence-electron chi connectivity index (χ4n) is 3.52. The molecule has 2 saturated heterocycles. The summed E-state index contributed by atoms with van der Waals surface area (Å²) in [6.45, 7) is 7.66. The average Bonchev–Trinajstić information content (AvgIpc) is 3.22. The first-order valence-corrected chi connectivity index (χ1v) is 10.1. The van der Waals surface area contributed by atoms with E-state index in [1.807, 2.05) is 17.0 Å². The van der Waals surface area contributed by atoms with Gasteiger partial charge in [-0.25, -0.2) is 0 Å². The molecule has 0 bridgehead atoms. The van der Waals surface area contributed by atoms with Crippen LogP contribution >= 0.6 is 11.8 Å². The molecule has 2 atom stereocenters. The van der Waals surface area contributed by atoms with Crippen LogP contribution in [-0.4, -0.2) is 66.6 Å². The molecule has 3 rings (SSSR count). The van der Waals surface area contributed by atoms with Crippen LogP contribution in [-0.2, 0) is 9.59 Å². The van der Waals surface area contributed by atoms with Crippen LogP contribution in [0, 0.1) is 5.92 Å². The number of likely N-dealkylation sites (N-methyl/N-ethyl adjacent to an activating group) is 1. The van der Waals surface area contributed by atoms with Gasteiger partial charge in [0.05, 0.1) is 45.2 Å². The molecule has 0 spiro atoms. The van der Waals surface area contributed by atoms with Crippen LogP contribution < -0.4 is 4.90 Å². The van der Waals surface area contributed by atoms with Gasteiger partial charge in [-0.2, -0.15) is 0 Å². The highest BCUT2D eigenvalue weighted by Crippen LogP contribution is 2.41. The Kier molecular flexibility index (Phi) is 5.74. The summed E-state index contributed by atoms with van der Waals surface area (Å²) in [5, 5.41) is -0.201. The van der Waals surface area contributed by atoms with E-state index in [1.54, 1.807) is 22.9 Å². The molecule has 0 radical (unpaired) electrons. The SMILES string of the molecule is CC(C)C[C@H](C(=O)N1CC[NH+](C)CC1)N1C(=O)CS[C@@H]1c1ccco1. The lowest BCUT2D eigenvalue weighted by Gasteiger charge is -2.37. The molecule has 2 amide bonds. The van der Waals surface area contributed by atoms with E-state index in [0.29, 0.717) is 18.1 Å². The van der Waals surface area contributed by atoms with E-state index >= 15 is 0 Å². The second-order valence-corrected chi connectivity index (χ2v) is 8.48. The molecule has 7 heteroatoms. The minimum absolute atomic E-state index is 0.0325. The molecule has 1 N–H and O–H groups in total. The molecule has 3 heterocycles. The number of nitrogens with one attached hydrogen (secondary N) is 1. The Labute approximate surface area is 153 Å². The number of carbonyl (C=O) groups excluding carboxylic acids is 2. The molecular weight excluding hydrogens is 338 g/mol. The topological polar surface area (TPSA) is 58.2 Å². The average molecular weight is 367 g/mol. The summed E-state index contributed by atoms with van der Waals surface area (Å²) in [5.74, 6) is 1.61. The van der Waals surface area contributed by atoms with Crippen molar-refractivity contribution in [2.75, 3.05) is 39.0 Å². The summed E-state index contributed by atoms with van der Waals surface area (Å²) < 4.78 is 5.55. The van der Waals surface area contributed by atoms with E-state index in [1.165, 1.54) is 4.90 Å². The van der Waals surface area contributed by atoms with Crippen molar-refractivity contribution in [2.45, 2.75) is 31.7 Å². The van der Waals surface area contributed by atoms with Gasteiger partial charge < -0.3 is 19.1 Å². The van der Waals surface area contributed by atoms with Gasteiger partial charge >= 0.3 is 0 Å². The van der Waals surface area contributed by atoms with Crippen molar-refractivity contribution < 1.29 is 18.9 Å². The van der Waals surface area contributed by atoms with Crippen LogP contribution in [0.15, 0.2) is 22.8 Å². The molecule has 1 aromatic rings. The maximum atomic E-state index is 13.3. The first kappa shape index (κ1) is 18.3. The van der Waals surface area contributed by atoms with E-state index in [-0.39, 0.29) is 17.2 Å². The van der Waals surface area contributed by atoms with Crippen molar-refractivity contribution in [3.63, 3.8) is 0 Å². The molecule has 1 aromatic heterocycles. The molecule has 0 unspecified atom stereocenters. The van der Waals surface area contributed by atoms with Crippen LogP contribution in [0.3, 0.4) is 0 Å². The Morgan fingerprint density at radius 1 is 1.40 bits per heavy atom. The van der Waals surface area contributed by atoms with Crippen molar-refractivity contribution in [3.05, 3.63) is 24.2 Å². The van der Waals surface area contributed by atoms with Gasteiger partial charge in [-0.05, 0) is 24.5 Å². The van der Waals surface area contributed by atoms with Crippen molar-refractivity contribution in [1.82, 2.24) is 9.80 Å². The van der Waals surface area contributed by atoms with Crippen LogP contribution in [0.2, 0.25) is 0 Å². The Morgan fingerprint density at radius 3 is 2.72 bits per heavy atom. The second kappa shape index (κ2) is 7.83. The third kappa shape index (κ3) is 4.03. The van der Waals surface area contributed by atoms with Crippen molar-refractivity contribution in [3.8, 4) is 0 Å². The molecule has 2 aliphatic heterocycles. The first-order valence-electron chi connectivity index (χ1n) is 9.03. The Morgan fingerprint density at radius 2 is 2.12 bits per heavy atom. The summed E-state index contributed by atoms with van der Waals surface area (Å²) in [5.41, 5.74) is 0. The second-order valence-electron chi connectivity index (χ2n) is 7.41. The van der Waals surface area contributed by atoms with Crippen molar-refractivity contribution in [2.24, 2.45) is 5.92 Å². The fourth-order valence-corrected chi connectivity index (χ4v) is 4.70. The van der Waals surface area contributed by atoms with Gasteiger partial charge in [0.1, 0.15) is 17.2 Å². The van der Waals surface area contributed by atoms with E-state index in [9.17, 15) is 9.59 Å². The highest BCUT2D eigenvalue weighted by Gasteiger charge is 2.43. The lowest BCUT2D eigenvalue weighted by molar-refractivity contribution is -0.883. The molecule has 0 saturated carbocycles. The zero-order valence-corrected chi connectivity index (χ0v) is 16.1. The van der Waals surface area contributed by atoms with Gasteiger partial charge in [-0.1, -0.05) is 13.8 Å². The minimum Gasteiger partial charge on any atom is -0.466 e. The smallest absolute Gasteiger partial charge is 0.245 e. The Bertz CT molecular complexity index is 597. The predicted molar refractivity (Wildman–Crippen MR) is 97.2 cm³/mol. The number of carbonyl (C=O) groups is 2. The fraction of sp³-hybridized carbons (Fsp3) is 0.667. The van der Waals surface area contributed by atoms with Gasteiger partial charge in [-0.3, -0.25) is 9.59 Å². The number of hydrogen-bond donors (Lipinski definition) is 1. The standard InChI is InChI=1S/C18H27N3O3S/c1-13(2)11-14(17(23)20-8-6-19(3)7-9-20)21-16(22)12-25-18(21)15-5-4-10-24-15/h4-5,10,13-14,18H,6-9,11-12H2,1-3H3/p+1/t14-,18-/m1/s1. The summed E-state index contributed by atoms with van der Waals surface area (Å²) in [4.78, 5) is 31.1. The quantitative estimate of drug-likeness (QED) is 0.830. The largest absolute Gasteiger partial charge is 0.466 e. The highest BCUT2D eigenvalue weighted by molar-refractivity contribution is 8.00. The van der Waals surface area contributed by atoms with E-state index in [2.05, 4.69) is 20.9 Å². The zero-order chi connectivity index (χ0) is 18.0. The number of hydrogen-bond acceptors (Lipinski definition) is 4. The van der Waals surface area contributed by atoms with Crippen LogP contribution in [0.4, 0.5) is 0 Å². The highest BCUT2D eigenvalue weighted by atomic mass is 32.2. The number of nitrogens with zero attached hydrogens (tertiary/aromatic N) is 2. The van der Waals surface area contributed by atoms with Gasteiger partial charge in [0.15, 0.2) is 0 Å². The van der Waals surface area contributed by atoms with Crippen LogP contribution in [0.1, 0.15) is 31.4 Å². The summed E-state index contributed by atoms with van der Waals surface area (Å²) in [6.07, 6.45) is 2.31. The van der Waals surface area contributed by atoms with E-state index < -0.39 is 6.04 Å². The third-order valence-electron chi connectivity index (χ3n) is 4.94. The van der Waals surface area contributed by atoms with Gasteiger partial charge in [0.2, 0.25) is 11.8 Å². The monoisotopic (exact) mass is 366 g/mol. The van der Waals surface area contributed by atoms with Gasteiger partial charge in [0.25, 0.3) is 0 Å². The summed E-state index contributed by atoms with van der Waals surface area (Å²) in [6, 6.07) is 3.31. The summed E-state index contributed by atoms with van der Waals surface area (Å²) in [7, 11) is 2.15. The normalized spacial score (nSPS) is 23.5. The van der Waals surface area contributed by atoms with E-state index in [4.69, 9.17) is 4.42 Å². The number of furan rings is 1. The molecule has 138 valence electrons. The lowest BCUT2D eigenvalue weighted by Crippen LogP contribution is -3.12. The maximum absolute atomic E-state index is 13.3. The zero-order valence-electron chi connectivity index (χ0n) is 15.2.